The molecule has 1 aromatic heterocycles. The number of rotatable bonds is 3. The first kappa shape index (κ1) is 14.8. The average molecular weight is 303 g/mol. The van der Waals surface area contributed by atoms with E-state index in [2.05, 4.69) is 11.9 Å². The molecule has 1 atom stereocenters. The summed E-state index contributed by atoms with van der Waals surface area (Å²) in [5, 5.41) is 0.210. The maximum atomic E-state index is 12.5. The zero-order valence-corrected chi connectivity index (χ0v) is 12.6. The summed E-state index contributed by atoms with van der Waals surface area (Å²) in [7, 11) is -3.43. The van der Waals surface area contributed by atoms with Crippen molar-refractivity contribution in [2.24, 2.45) is 5.92 Å². The molecule has 1 aromatic rings. The second-order valence-corrected chi connectivity index (χ2v) is 7.25. The zero-order chi connectivity index (χ0) is 13.9. The molecular formula is C13H19ClN2O2S. The lowest BCUT2D eigenvalue weighted by molar-refractivity contribution is 0.407. The Morgan fingerprint density at radius 3 is 2.89 bits per heavy atom. The third kappa shape index (κ3) is 3.46. The van der Waals surface area contributed by atoms with Crippen molar-refractivity contribution in [3.05, 3.63) is 23.5 Å². The van der Waals surface area contributed by atoms with Gasteiger partial charge in [-0.3, -0.25) is 0 Å². The van der Waals surface area contributed by atoms with Crippen molar-refractivity contribution in [2.45, 2.75) is 37.5 Å². The van der Waals surface area contributed by atoms with Crippen LogP contribution in [0.15, 0.2) is 23.2 Å². The van der Waals surface area contributed by atoms with E-state index in [0.717, 1.165) is 25.7 Å². The zero-order valence-electron chi connectivity index (χ0n) is 11.0. The van der Waals surface area contributed by atoms with E-state index >= 15 is 0 Å². The van der Waals surface area contributed by atoms with Crippen LogP contribution in [0.1, 0.15) is 32.6 Å². The number of halogens is 1. The van der Waals surface area contributed by atoms with E-state index < -0.39 is 10.0 Å². The van der Waals surface area contributed by atoms with Gasteiger partial charge in [-0.05, 0) is 37.3 Å². The molecule has 0 radical (unpaired) electrons. The van der Waals surface area contributed by atoms with E-state index in [-0.39, 0.29) is 10.0 Å². The van der Waals surface area contributed by atoms with E-state index in [1.54, 1.807) is 4.31 Å². The van der Waals surface area contributed by atoms with Gasteiger partial charge in [-0.1, -0.05) is 24.9 Å². The minimum atomic E-state index is -3.43. The summed E-state index contributed by atoms with van der Waals surface area (Å²) in [5.41, 5.74) is 0. The molecule has 0 amide bonds. The molecular weight excluding hydrogens is 284 g/mol. The maximum Gasteiger partial charge on any atom is 0.243 e. The monoisotopic (exact) mass is 302 g/mol. The first-order valence-corrected chi connectivity index (χ1v) is 8.47. The van der Waals surface area contributed by atoms with Crippen LogP contribution in [0.4, 0.5) is 0 Å². The van der Waals surface area contributed by atoms with Crippen LogP contribution in [-0.2, 0) is 10.0 Å². The molecule has 2 rings (SSSR count). The normalized spacial score (nSPS) is 22.1. The van der Waals surface area contributed by atoms with Crippen molar-refractivity contribution >= 4 is 21.6 Å². The Labute approximate surface area is 119 Å². The van der Waals surface area contributed by atoms with Crippen LogP contribution in [0.2, 0.25) is 5.15 Å². The topological polar surface area (TPSA) is 50.3 Å². The Hall–Kier alpha value is -0.650. The predicted molar refractivity (Wildman–Crippen MR) is 75.6 cm³/mol. The van der Waals surface area contributed by atoms with Gasteiger partial charge in [-0.2, -0.15) is 4.31 Å². The van der Waals surface area contributed by atoms with Gasteiger partial charge in [0.25, 0.3) is 0 Å². The van der Waals surface area contributed by atoms with Gasteiger partial charge in [0.05, 0.1) is 4.90 Å². The Morgan fingerprint density at radius 2 is 2.21 bits per heavy atom. The molecule has 1 unspecified atom stereocenters. The molecule has 0 N–H and O–H groups in total. The summed E-state index contributed by atoms with van der Waals surface area (Å²) < 4.78 is 26.6. The van der Waals surface area contributed by atoms with Crippen molar-refractivity contribution < 1.29 is 8.42 Å². The molecule has 0 spiro atoms. The number of aromatic nitrogens is 1. The number of pyridine rings is 1. The van der Waals surface area contributed by atoms with E-state index in [1.165, 1.54) is 18.3 Å². The molecule has 1 fully saturated rings. The van der Waals surface area contributed by atoms with Gasteiger partial charge < -0.3 is 0 Å². The fourth-order valence-electron chi connectivity index (χ4n) is 2.48. The lowest BCUT2D eigenvalue weighted by atomic mass is 9.98. The van der Waals surface area contributed by atoms with E-state index in [1.807, 2.05) is 0 Å². The van der Waals surface area contributed by atoms with E-state index in [0.29, 0.717) is 19.0 Å². The molecule has 0 bridgehead atoms. The van der Waals surface area contributed by atoms with Crippen molar-refractivity contribution in [3.63, 3.8) is 0 Å². The molecule has 6 heteroatoms. The third-order valence-electron chi connectivity index (χ3n) is 3.72. The first-order valence-electron chi connectivity index (χ1n) is 6.65. The van der Waals surface area contributed by atoms with Gasteiger partial charge in [0.15, 0.2) is 0 Å². The lowest BCUT2D eigenvalue weighted by Crippen LogP contribution is -2.32. The number of sulfonamides is 1. The Bertz CT molecular complexity index is 533. The highest BCUT2D eigenvalue weighted by Crippen LogP contribution is 2.25. The lowest BCUT2D eigenvalue weighted by Gasteiger charge is -2.20. The summed E-state index contributed by atoms with van der Waals surface area (Å²) in [6.07, 6.45) is 5.53. The highest BCUT2D eigenvalue weighted by atomic mass is 35.5. The molecule has 19 heavy (non-hydrogen) atoms. The van der Waals surface area contributed by atoms with Crippen LogP contribution >= 0.6 is 11.6 Å². The molecule has 4 nitrogen and oxygen atoms in total. The van der Waals surface area contributed by atoms with Crippen LogP contribution in [0.5, 0.6) is 0 Å². The molecule has 0 aliphatic carbocycles. The van der Waals surface area contributed by atoms with Crippen molar-refractivity contribution in [1.82, 2.24) is 9.29 Å². The number of hydrogen-bond donors (Lipinski definition) is 0. The van der Waals surface area contributed by atoms with Gasteiger partial charge in [0, 0.05) is 19.3 Å². The predicted octanol–water partition coefficient (Wildman–Crippen LogP) is 2.94. The van der Waals surface area contributed by atoms with Crippen molar-refractivity contribution in [1.29, 1.82) is 0 Å². The molecule has 1 saturated heterocycles. The highest BCUT2D eigenvalue weighted by Gasteiger charge is 2.27. The molecule has 106 valence electrons. The van der Waals surface area contributed by atoms with Crippen molar-refractivity contribution in [2.75, 3.05) is 13.1 Å². The van der Waals surface area contributed by atoms with Crippen LogP contribution in [-0.4, -0.2) is 30.8 Å². The summed E-state index contributed by atoms with van der Waals surface area (Å²) in [6, 6.07) is 2.92. The molecule has 1 aliphatic heterocycles. The Kier molecular flexibility index (Phi) is 4.81. The molecule has 2 heterocycles. The van der Waals surface area contributed by atoms with Gasteiger partial charge in [-0.15, -0.1) is 0 Å². The minimum Gasteiger partial charge on any atom is -0.244 e. The standard InChI is InChI=1S/C13H19ClN2O2S/c1-2-11-4-3-8-16(9-6-11)19(17,18)12-5-7-15-13(14)10-12/h5,7,10-11H,2-4,6,8-9H2,1H3. The molecule has 0 saturated carbocycles. The second kappa shape index (κ2) is 6.20. The van der Waals surface area contributed by atoms with Crippen LogP contribution in [0.3, 0.4) is 0 Å². The summed E-state index contributed by atoms with van der Waals surface area (Å²) in [6.45, 7) is 3.36. The summed E-state index contributed by atoms with van der Waals surface area (Å²) in [4.78, 5) is 4.06. The largest absolute Gasteiger partial charge is 0.244 e. The maximum absolute atomic E-state index is 12.5. The smallest absolute Gasteiger partial charge is 0.243 e. The quantitative estimate of drug-likeness (QED) is 0.807. The van der Waals surface area contributed by atoms with E-state index in [4.69, 9.17) is 11.6 Å². The summed E-state index contributed by atoms with van der Waals surface area (Å²) in [5.74, 6) is 0.640. The van der Waals surface area contributed by atoms with Crippen LogP contribution in [0, 0.1) is 5.92 Å². The van der Waals surface area contributed by atoms with Gasteiger partial charge >= 0.3 is 0 Å². The number of hydrogen-bond acceptors (Lipinski definition) is 3. The first-order chi connectivity index (χ1) is 9.04. The molecule has 1 aliphatic rings. The average Bonchev–Trinajstić information content (AvgIpc) is 2.64. The SMILES string of the molecule is CCC1CCCN(S(=O)(=O)c2ccnc(Cl)c2)CC1. The fraction of sp³-hybridized carbons (Fsp3) is 0.615. The van der Waals surface area contributed by atoms with Gasteiger partial charge in [0.2, 0.25) is 10.0 Å². The highest BCUT2D eigenvalue weighted by molar-refractivity contribution is 7.89. The number of nitrogens with zero attached hydrogens (tertiary/aromatic N) is 2. The molecule has 0 aromatic carbocycles. The van der Waals surface area contributed by atoms with Crippen molar-refractivity contribution in [3.8, 4) is 0 Å². The fourth-order valence-corrected chi connectivity index (χ4v) is 4.23. The minimum absolute atomic E-state index is 0.210. The Morgan fingerprint density at radius 1 is 1.42 bits per heavy atom. The summed E-state index contributed by atoms with van der Waals surface area (Å²) >= 11 is 5.77. The second-order valence-electron chi connectivity index (χ2n) is 4.92. The van der Waals surface area contributed by atoms with Crippen LogP contribution in [0.25, 0.3) is 0 Å². The van der Waals surface area contributed by atoms with Crippen LogP contribution < -0.4 is 0 Å². The Balaban J connectivity index is 2.20. The van der Waals surface area contributed by atoms with Gasteiger partial charge in [0.1, 0.15) is 5.15 Å². The van der Waals surface area contributed by atoms with E-state index in [9.17, 15) is 8.42 Å². The third-order valence-corrected chi connectivity index (χ3v) is 5.82. The van der Waals surface area contributed by atoms with Gasteiger partial charge in [-0.25, -0.2) is 13.4 Å².